The van der Waals surface area contributed by atoms with Gasteiger partial charge in [0, 0.05) is 11.0 Å². The van der Waals surface area contributed by atoms with Gasteiger partial charge in [0.05, 0.1) is 7.11 Å². The molecule has 0 saturated heterocycles. The van der Waals surface area contributed by atoms with Crippen molar-refractivity contribution < 1.29 is 4.74 Å². The molecule has 0 amide bonds. The quantitative estimate of drug-likeness (QED) is 0.734. The molecule has 1 fully saturated rings. The van der Waals surface area contributed by atoms with Crippen LogP contribution in [0.3, 0.4) is 0 Å². The summed E-state index contributed by atoms with van der Waals surface area (Å²) in [5, 5.41) is 0.897. The van der Waals surface area contributed by atoms with E-state index in [2.05, 4.69) is 36.9 Å². The van der Waals surface area contributed by atoms with E-state index in [0.717, 1.165) is 16.8 Å². The Balaban J connectivity index is 1.83. The van der Waals surface area contributed by atoms with Crippen LogP contribution < -0.4 is 4.74 Å². The first kappa shape index (κ1) is 14.5. The summed E-state index contributed by atoms with van der Waals surface area (Å²) in [6.07, 6.45) is 9.50. The van der Waals surface area contributed by atoms with Gasteiger partial charge in [0.15, 0.2) is 0 Å². The lowest BCUT2D eigenvalue weighted by Gasteiger charge is -2.20. The molecule has 0 aromatic heterocycles. The molecule has 1 aliphatic rings. The van der Waals surface area contributed by atoms with Gasteiger partial charge in [-0.05, 0) is 43.0 Å². The van der Waals surface area contributed by atoms with Gasteiger partial charge in [-0.15, -0.1) is 0 Å². The molecule has 2 rings (SSSR count). The first-order chi connectivity index (χ1) is 9.29. The van der Waals surface area contributed by atoms with Crippen molar-refractivity contribution in [2.24, 2.45) is 0 Å². The first-order valence-corrected chi connectivity index (χ1v) is 8.27. The SMILES string of the molecule is COc1ccc(/C(C)=C/CSC2CCCCC2)cc1. The average Bonchev–Trinajstić information content (AvgIpc) is 2.48. The number of thioether (sulfide) groups is 1. The van der Waals surface area contributed by atoms with Crippen LogP contribution in [0.25, 0.3) is 5.57 Å². The van der Waals surface area contributed by atoms with Crippen LogP contribution in [0.5, 0.6) is 5.75 Å². The van der Waals surface area contributed by atoms with Gasteiger partial charge in [-0.25, -0.2) is 0 Å². The summed E-state index contributed by atoms with van der Waals surface area (Å²) in [5.41, 5.74) is 2.66. The molecule has 104 valence electrons. The molecule has 0 radical (unpaired) electrons. The zero-order valence-electron chi connectivity index (χ0n) is 12.0. The summed E-state index contributed by atoms with van der Waals surface area (Å²) in [6, 6.07) is 8.33. The number of hydrogen-bond acceptors (Lipinski definition) is 2. The van der Waals surface area contributed by atoms with Crippen molar-refractivity contribution >= 4 is 17.3 Å². The highest BCUT2D eigenvalue weighted by Gasteiger charge is 2.12. The van der Waals surface area contributed by atoms with Gasteiger partial charge in [0.2, 0.25) is 0 Å². The Labute approximate surface area is 121 Å². The zero-order valence-corrected chi connectivity index (χ0v) is 12.8. The summed E-state index contributed by atoms with van der Waals surface area (Å²) in [5.74, 6) is 2.07. The Bertz CT molecular complexity index is 402. The minimum absolute atomic E-state index is 0.897. The lowest BCUT2D eigenvalue weighted by Crippen LogP contribution is -2.08. The van der Waals surface area contributed by atoms with E-state index in [4.69, 9.17) is 4.74 Å². The minimum atomic E-state index is 0.897. The van der Waals surface area contributed by atoms with E-state index in [0.29, 0.717) is 0 Å². The van der Waals surface area contributed by atoms with E-state index in [9.17, 15) is 0 Å². The predicted octanol–water partition coefficient (Wildman–Crippen LogP) is 5.16. The third-order valence-electron chi connectivity index (χ3n) is 3.82. The van der Waals surface area contributed by atoms with E-state index < -0.39 is 0 Å². The largest absolute Gasteiger partial charge is 0.497 e. The number of ether oxygens (including phenoxy) is 1. The first-order valence-electron chi connectivity index (χ1n) is 7.22. The average molecular weight is 276 g/mol. The van der Waals surface area contributed by atoms with E-state index in [-0.39, 0.29) is 0 Å². The number of rotatable bonds is 5. The fraction of sp³-hybridized carbons (Fsp3) is 0.529. The van der Waals surface area contributed by atoms with Crippen LogP contribution >= 0.6 is 11.8 Å². The third-order valence-corrected chi connectivity index (χ3v) is 5.12. The maximum atomic E-state index is 5.19. The summed E-state index contributed by atoms with van der Waals surface area (Å²) in [4.78, 5) is 0. The Morgan fingerprint density at radius 3 is 2.53 bits per heavy atom. The van der Waals surface area contributed by atoms with Gasteiger partial charge in [-0.3, -0.25) is 0 Å². The summed E-state index contributed by atoms with van der Waals surface area (Å²) in [6.45, 7) is 2.20. The van der Waals surface area contributed by atoms with Crippen LogP contribution in [-0.2, 0) is 0 Å². The molecule has 1 nitrogen and oxygen atoms in total. The molecule has 0 bridgehead atoms. The van der Waals surface area contributed by atoms with Gasteiger partial charge in [0.1, 0.15) is 5.75 Å². The smallest absolute Gasteiger partial charge is 0.118 e. The highest BCUT2D eigenvalue weighted by atomic mass is 32.2. The molecular weight excluding hydrogens is 252 g/mol. The Hall–Kier alpha value is -0.890. The molecule has 1 saturated carbocycles. The van der Waals surface area contributed by atoms with Crippen molar-refractivity contribution in [2.45, 2.75) is 44.3 Å². The molecule has 0 N–H and O–H groups in total. The summed E-state index contributed by atoms with van der Waals surface area (Å²) in [7, 11) is 1.71. The fourth-order valence-electron chi connectivity index (χ4n) is 2.51. The van der Waals surface area contributed by atoms with E-state index in [1.54, 1.807) is 7.11 Å². The van der Waals surface area contributed by atoms with Crippen LogP contribution in [0.2, 0.25) is 0 Å². The number of methoxy groups -OCH3 is 1. The van der Waals surface area contributed by atoms with Crippen LogP contribution in [0.15, 0.2) is 30.3 Å². The van der Waals surface area contributed by atoms with Crippen molar-refractivity contribution in [3.05, 3.63) is 35.9 Å². The molecule has 0 heterocycles. The summed E-state index contributed by atoms with van der Waals surface area (Å²) >= 11 is 2.13. The highest BCUT2D eigenvalue weighted by Crippen LogP contribution is 2.29. The number of benzene rings is 1. The van der Waals surface area contributed by atoms with E-state index in [1.807, 2.05) is 12.1 Å². The third kappa shape index (κ3) is 4.61. The molecule has 2 heteroatoms. The minimum Gasteiger partial charge on any atom is -0.497 e. The number of hydrogen-bond donors (Lipinski definition) is 0. The molecule has 19 heavy (non-hydrogen) atoms. The van der Waals surface area contributed by atoms with Crippen molar-refractivity contribution in [3.8, 4) is 5.75 Å². The molecule has 0 aliphatic heterocycles. The van der Waals surface area contributed by atoms with Gasteiger partial charge in [-0.2, -0.15) is 11.8 Å². The monoisotopic (exact) mass is 276 g/mol. The topological polar surface area (TPSA) is 9.23 Å². The lowest BCUT2D eigenvalue weighted by molar-refractivity contribution is 0.415. The zero-order chi connectivity index (χ0) is 13.5. The molecule has 1 aliphatic carbocycles. The molecule has 0 atom stereocenters. The van der Waals surface area contributed by atoms with Gasteiger partial charge >= 0.3 is 0 Å². The van der Waals surface area contributed by atoms with E-state index in [1.165, 1.54) is 43.2 Å². The molecule has 1 aromatic carbocycles. The highest BCUT2D eigenvalue weighted by molar-refractivity contribution is 8.00. The van der Waals surface area contributed by atoms with Gasteiger partial charge < -0.3 is 4.74 Å². The number of allylic oxidation sites excluding steroid dienone is 1. The maximum absolute atomic E-state index is 5.19. The van der Waals surface area contributed by atoms with Crippen molar-refractivity contribution in [3.63, 3.8) is 0 Å². The second kappa shape index (κ2) is 7.64. The molecule has 0 unspecified atom stereocenters. The predicted molar refractivity (Wildman–Crippen MR) is 86.0 cm³/mol. The van der Waals surface area contributed by atoms with Crippen molar-refractivity contribution in [1.82, 2.24) is 0 Å². The van der Waals surface area contributed by atoms with Crippen LogP contribution in [0, 0.1) is 0 Å². The standard InChI is InChI=1S/C17H24OS/c1-14(15-8-10-16(18-2)11-9-15)12-13-19-17-6-4-3-5-7-17/h8-12,17H,3-7,13H2,1-2H3/b14-12+. The normalized spacial score (nSPS) is 17.5. The Morgan fingerprint density at radius 2 is 1.89 bits per heavy atom. The van der Waals surface area contributed by atoms with Crippen molar-refractivity contribution in [1.29, 1.82) is 0 Å². The Kier molecular flexibility index (Phi) is 5.84. The molecular formula is C17H24OS. The van der Waals surface area contributed by atoms with Crippen LogP contribution in [0.4, 0.5) is 0 Å². The van der Waals surface area contributed by atoms with Gasteiger partial charge in [0.25, 0.3) is 0 Å². The second-order valence-electron chi connectivity index (χ2n) is 5.21. The Morgan fingerprint density at radius 1 is 1.21 bits per heavy atom. The fourth-order valence-corrected chi connectivity index (χ4v) is 3.80. The van der Waals surface area contributed by atoms with E-state index >= 15 is 0 Å². The van der Waals surface area contributed by atoms with Crippen molar-refractivity contribution in [2.75, 3.05) is 12.9 Å². The van der Waals surface area contributed by atoms with Gasteiger partial charge in [-0.1, -0.05) is 37.5 Å². The maximum Gasteiger partial charge on any atom is 0.118 e. The van der Waals surface area contributed by atoms with Crippen LogP contribution in [0.1, 0.15) is 44.6 Å². The second-order valence-corrected chi connectivity index (χ2v) is 6.54. The molecule has 1 aromatic rings. The summed E-state index contributed by atoms with van der Waals surface area (Å²) < 4.78 is 5.19. The lowest BCUT2D eigenvalue weighted by atomic mass is 10.0. The van der Waals surface area contributed by atoms with Crippen LogP contribution in [-0.4, -0.2) is 18.1 Å². The molecule has 0 spiro atoms.